The van der Waals surface area contributed by atoms with Gasteiger partial charge in [0.2, 0.25) is 10.0 Å². The largest absolute Gasteiger partial charge is 0.229 e. The predicted octanol–water partition coefficient (Wildman–Crippen LogP) is -0.0711. The molecule has 1 aromatic rings. The smallest absolute Gasteiger partial charge is 0.210 e. The van der Waals surface area contributed by atoms with Crippen LogP contribution in [0.5, 0.6) is 0 Å². The van der Waals surface area contributed by atoms with Gasteiger partial charge < -0.3 is 0 Å². The van der Waals surface area contributed by atoms with Crippen LogP contribution >= 0.6 is 0 Å². The monoisotopic (exact) mass is 288 g/mol. The molecule has 0 unspecified atom stereocenters. The first kappa shape index (κ1) is 14.6. The Bertz CT molecular complexity index is 700. The third kappa shape index (κ3) is 3.80. The van der Waals surface area contributed by atoms with Crippen molar-refractivity contribution in [3.63, 3.8) is 0 Å². The van der Waals surface area contributed by atoms with Crippen LogP contribution in [0.15, 0.2) is 23.1 Å². The van der Waals surface area contributed by atoms with Gasteiger partial charge in [-0.05, 0) is 30.7 Å². The number of benzene rings is 1. The van der Waals surface area contributed by atoms with Crippen molar-refractivity contribution in [2.45, 2.75) is 11.8 Å². The summed E-state index contributed by atoms with van der Waals surface area (Å²) < 4.78 is 45.1. The maximum Gasteiger partial charge on any atom is 0.210 e. The van der Waals surface area contributed by atoms with Crippen LogP contribution < -0.4 is 5.14 Å². The van der Waals surface area contributed by atoms with E-state index in [1.165, 1.54) is 18.2 Å². The Morgan fingerprint density at radius 3 is 2.28 bits per heavy atom. The van der Waals surface area contributed by atoms with E-state index in [1.54, 1.807) is 6.92 Å². The van der Waals surface area contributed by atoms with E-state index in [-0.39, 0.29) is 4.90 Å². The average Bonchev–Trinajstić information content (AvgIpc) is 2.25. The second-order valence-electron chi connectivity index (χ2n) is 3.77. The summed E-state index contributed by atoms with van der Waals surface area (Å²) in [4.78, 5) is -0.0114. The summed E-state index contributed by atoms with van der Waals surface area (Å²) in [6.45, 7) is 1.61. The van der Waals surface area contributed by atoms with Gasteiger partial charge in [0.25, 0.3) is 0 Å². The first-order chi connectivity index (χ1) is 8.15. The van der Waals surface area contributed by atoms with Gasteiger partial charge in [0, 0.05) is 0 Å². The molecule has 0 heterocycles. The van der Waals surface area contributed by atoms with Crippen LogP contribution in [-0.4, -0.2) is 28.3 Å². The third-order valence-corrected chi connectivity index (χ3v) is 5.06. The van der Waals surface area contributed by atoms with Crippen LogP contribution in [0.3, 0.4) is 0 Å². The van der Waals surface area contributed by atoms with Gasteiger partial charge in [-0.25, -0.2) is 22.0 Å². The molecule has 0 spiro atoms. The zero-order valence-electron chi connectivity index (χ0n) is 9.62. The molecule has 18 heavy (non-hydrogen) atoms. The average molecular weight is 288 g/mol. The van der Waals surface area contributed by atoms with E-state index in [0.717, 1.165) is 0 Å². The molecule has 1 aromatic carbocycles. The molecule has 8 heteroatoms. The van der Waals surface area contributed by atoms with Gasteiger partial charge in [-0.2, -0.15) is 5.26 Å². The van der Waals surface area contributed by atoms with Crippen LogP contribution in [0, 0.1) is 18.3 Å². The molecule has 6 nitrogen and oxygen atoms in total. The fourth-order valence-electron chi connectivity index (χ4n) is 1.30. The van der Waals surface area contributed by atoms with Gasteiger partial charge in [-0.15, -0.1) is 0 Å². The minimum Gasteiger partial charge on any atom is -0.229 e. The second-order valence-corrected chi connectivity index (χ2v) is 7.62. The number of nitrogens with two attached hydrogens (primary N) is 1. The Morgan fingerprint density at radius 1 is 1.22 bits per heavy atom. The lowest BCUT2D eigenvalue weighted by molar-refractivity contribution is 0.588. The van der Waals surface area contributed by atoms with Crippen LogP contribution in [0.1, 0.15) is 11.1 Å². The van der Waals surface area contributed by atoms with Crippen LogP contribution in [0.2, 0.25) is 0 Å². The maximum absolute atomic E-state index is 11.8. The Morgan fingerprint density at radius 2 is 1.83 bits per heavy atom. The van der Waals surface area contributed by atoms with E-state index in [4.69, 9.17) is 10.4 Å². The van der Waals surface area contributed by atoms with Crippen molar-refractivity contribution >= 4 is 19.9 Å². The Hall–Kier alpha value is -1.43. The van der Waals surface area contributed by atoms with Gasteiger partial charge >= 0.3 is 0 Å². The number of nitriles is 1. The molecule has 0 saturated heterocycles. The number of rotatable bonds is 4. The number of sulfone groups is 1. The molecule has 0 atom stereocenters. The second kappa shape index (κ2) is 5.06. The normalized spacial score (nSPS) is 12.1. The highest BCUT2D eigenvalue weighted by atomic mass is 32.2. The fraction of sp³-hybridized carbons (Fsp3) is 0.300. The zero-order valence-corrected chi connectivity index (χ0v) is 11.3. The summed E-state index contributed by atoms with van der Waals surface area (Å²) in [6.07, 6.45) is 0. The topological polar surface area (TPSA) is 118 Å². The van der Waals surface area contributed by atoms with E-state index in [0.29, 0.717) is 11.1 Å². The Kier molecular flexibility index (Phi) is 4.11. The van der Waals surface area contributed by atoms with Crippen molar-refractivity contribution in [3.05, 3.63) is 29.3 Å². The van der Waals surface area contributed by atoms with E-state index in [9.17, 15) is 16.8 Å². The minimum atomic E-state index is -3.82. The van der Waals surface area contributed by atoms with E-state index < -0.39 is 31.4 Å². The van der Waals surface area contributed by atoms with Crippen molar-refractivity contribution in [3.8, 4) is 6.07 Å². The Balaban J connectivity index is 3.07. The van der Waals surface area contributed by atoms with Crippen LogP contribution in [0.4, 0.5) is 0 Å². The highest BCUT2D eigenvalue weighted by Gasteiger charge is 2.18. The number of hydrogen-bond donors (Lipinski definition) is 1. The molecule has 0 bridgehead atoms. The Labute approximate surface area is 106 Å². The van der Waals surface area contributed by atoms with Crippen molar-refractivity contribution in [1.29, 1.82) is 5.26 Å². The van der Waals surface area contributed by atoms with Gasteiger partial charge in [0.15, 0.2) is 9.84 Å². The van der Waals surface area contributed by atoms with E-state index in [1.807, 2.05) is 6.07 Å². The van der Waals surface area contributed by atoms with Crippen molar-refractivity contribution in [1.82, 2.24) is 0 Å². The summed E-state index contributed by atoms with van der Waals surface area (Å²) in [5.41, 5.74) is 0.898. The number of nitrogens with zero attached hydrogens (tertiary/aromatic N) is 1. The lowest BCUT2D eigenvalue weighted by Gasteiger charge is -2.05. The molecule has 0 fully saturated rings. The summed E-state index contributed by atoms with van der Waals surface area (Å²) in [5, 5.41) is 13.5. The molecule has 0 aliphatic carbocycles. The van der Waals surface area contributed by atoms with Crippen molar-refractivity contribution in [2.75, 3.05) is 11.5 Å². The molecule has 0 aliphatic heterocycles. The highest BCUT2D eigenvalue weighted by Crippen LogP contribution is 2.16. The molecule has 0 radical (unpaired) electrons. The lowest BCUT2D eigenvalue weighted by atomic mass is 10.1. The predicted molar refractivity (Wildman–Crippen MR) is 65.9 cm³/mol. The summed E-state index contributed by atoms with van der Waals surface area (Å²) >= 11 is 0. The molecule has 0 saturated carbocycles. The summed E-state index contributed by atoms with van der Waals surface area (Å²) in [7, 11) is -7.53. The first-order valence-corrected chi connectivity index (χ1v) is 8.26. The van der Waals surface area contributed by atoms with Crippen LogP contribution in [-0.2, 0) is 19.9 Å². The number of primary sulfonamides is 1. The first-order valence-electron chi connectivity index (χ1n) is 4.90. The standard InChI is InChI=1S/C10H12N2O4S2/c1-8-6-10(3-2-9(8)7-11)17(13,14)4-5-18(12,15)16/h2-3,6H,4-5H2,1H3,(H2,12,15,16). The molecule has 2 N–H and O–H groups in total. The summed E-state index contributed by atoms with van der Waals surface area (Å²) in [5.74, 6) is -1.20. The van der Waals surface area contributed by atoms with Gasteiger partial charge in [-0.1, -0.05) is 0 Å². The number of sulfonamides is 1. The van der Waals surface area contributed by atoms with Crippen molar-refractivity contribution < 1.29 is 16.8 Å². The molecular weight excluding hydrogens is 276 g/mol. The molecular formula is C10H12N2O4S2. The fourth-order valence-corrected chi connectivity index (χ4v) is 3.97. The van der Waals surface area contributed by atoms with Crippen molar-refractivity contribution in [2.24, 2.45) is 5.14 Å². The molecule has 1 rings (SSSR count). The van der Waals surface area contributed by atoms with E-state index >= 15 is 0 Å². The quantitative estimate of drug-likeness (QED) is 0.831. The molecule has 0 aromatic heterocycles. The minimum absolute atomic E-state index is 0.0114. The number of hydrogen-bond acceptors (Lipinski definition) is 5. The maximum atomic E-state index is 11.8. The highest BCUT2D eigenvalue weighted by molar-refractivity contribution is 7.94. The molecule has 0 amide bonds. The van der Waals surface area contributed by atoms with E-state index in [2.05, 4.69) is 0 Å². The SMILES string of the molecule is Cc1cc(S(=O)(=O)CCS(N)(=O)=O)ccc1C#N. The summed E-state index contributed by atoms with van der Waals surface area (Å²) in [6, 6.07) is 5.93. The number of aryl methyl sites for hydroxylation is 1. The van der Waals surface area contributed by atoms with Gasteiger partial charge in [-0.3, -0.25) is 0 Å². The zero-order chi connectivity index (χ0) is 14.0. The lowest BCUT2D eigenvalue weighted by Crippen LogP contribution is -2.23. The molecule has 0 aliphatic rings. The third-order valence-electron chi connectivity index (χ3n) is 2.31. The van der Waals surface area contributed by atoms with Crippen LogP contribution in [0.25, 0.3) is 0 Å². The van der Waals surface area contributed by atoms with Gasteiger partial charge in [0.1, 0.15) is 0 Å². The van der Waals surface area contributed by atoms with Gasteiger partial charge in [0.05, 0.1) is 28.0 Å². The molecule has 98 valence electrons.